The number of nitrogens with one attached hydrogen (secondary N) is 1. The predicted molar refractivity (Wildman–Crippen MR) is 82.4 cm³/mol. The Hall–Kier alpha value is -1.80. The highest BCUT2D eigenvalue weighted by molar-refractivity contribution is 5.52. The molecule has 0 amide bonds. The van der Waals surface area contributed by atoms with Crippen LogP contribution in [0.3, 0.4) is 0 Å². The van der Waals surface area contributed by atoms with Crippen molar-refractivity contribution in [1.29, 1.82) is 0 Å². The van der Waals surface area contributed by atoms with E-state index >= 15 is 0 Å². The molecule has 2 nitrogen and oxygen atoms in total. The lowest BCUT2D eigenvalue weighted by Crippen LogP contribution is -2.20. The smallest absolute Gasteiger partial charge is 0.0376 e. The Kier molecular flexibility index (Phi) is 4.99. The molecule has 0 bridgehead atoms. The third kappa shape index (κ3) is 4.11. The second kappa shape index (κ2) is 6.95. The van der Waals surface area contributed by atoms with E-state index in [-0.39, 0.29) is 0 Å². The van der Waals surface area contributed by atoms with Crippen molar-refractivity contribution in [3.05, 3.63) is 65.7 Å². The lowest BCUT2D eigenvalue weighted by molar-refractivity contribution is 0.628. The maximum atomic E-state index is 5.66. The largest absolute Gasteiger partial charge is 0.384 e. The quantitative estimate of drug-likeness (QED) is 0.830. The maximum absolute atomic E-state index is 5.66. The lowest BCUT2D eigenvalue weighted by atomic mass is 10.0. The van der Waals surface area contributed by atoms with Crippen molar-refractivity contribution in [2.45, 2.75) is 13.3 Å². The van der Waals surface area contributed by atoms with Crippen LogP contribution in [0.15, 0.2) is 54.6 Å². The van der Waals surface area contributed by atoms with E-state index in [1.165, 1.54) is 16.8 Å². The summed E-state index contributed by atoms with van der Waals surface area (Å²) in [5, 5.41) is 3.50. The number of hydrogen-bond acceptors (Lipinski definition) is 2. The minimum Gasteiger partial charge on any atom is -0.384 e. The molecule has 0 spiro atoms. The molecule has 0 fully saturated rings. The van der Waals surface area contributed by atoms with Gasteiger partial charge in [0.2, 0.25) is 0 Å². The van der Waals surface area contributed by atoms with Gasteiger partial charge in [-0.05, 0) is 36.1 Å². The molecule has 2 aromatic carbocycles. The van der Waals surface area contributed by atoms with Gasteiger partial charge in [0.1, 0.15) is 0 Å². The Morgan fingerprint density at radius 1 is 1.00 bits per heavy atom. The van der Waals surface area contributed by atoms with Crippen LogP contribution in [-0.2, 0) is 6.42 Å². The standard InChI is InChI=1S/C17H22N2/c1-14(12-18)13-19-17-10-6-5-9-16(17)11-15-7-3-2-4-8-15/h2-10,14,19H,11-13,18H2,1H3. The van der Waals surface area contributed by atoms with Gasteiger partial charge < -0.3 is 11.1 Å². The molecule has 0 radical (unpaired) electrons. The number of hydrogen-bond donors (Lipinski definition) is 2. The number of para-hydroxylation sites is 1. The molecule has 0 aliphatic rings. The second-order valence-corrected chi connectivity index (χ2v) is 5.04. The van der Waals surface area contributed by atoms with Gasteiger partial charge in [0, 0.05) is 12.2 Å². The Balaban J connectivity index is 2.08. The monoisotopic (exact) mass is 254 g/mol. The van der Waals surface area contributed by atoms with E-state index < -0.39 is 0 Å². The summed E-state index contributed by atoms with van der Waals surface area (Å²) in [6.07, 6.45) is 0.959. The maximum Gasteiger partial charge on any atom is 0.0376 e. The van der Waals surface area contributed by atoms with E-state index in [4.69, 9.17) is 5.73 Å². The van der Waals surface area contributed by atoms with Gasteiger partial charge in [0.25, 0.3) is 0 Å². The molecular weight excluding hydrogens is 232 g/mol. The van der Waals surface area contributed by atoms with Crippen LogP contribution >= 0.6 is 0 Å². The van der Waals surface area contributed by atoms with E-state index in [2.05, 4.69) is 66.8 Å². The summed E-state index contributed by atoms with van der Waals surface area (Å²) >= 11 is 0. The highest BCUT2D eigenvalue weighted by Crippen LogP contribution is 2.19. The Morgan fingerprint density at radius 2 is 1.68 bits per heavy atom. The van der Waals surface area contributed by atoms with Gasteiger partial charge in [0.15, 0.2) is 0 Å². The van der Waals surface area contributed by atoms with Gasteiger partial charge in [-0.1, -0.05) is 55.5 Å². The molecule has 0 heterocycles. The van der Waals surface area contributed by atoms with Gasteiger partial charge in [0.05, 0.1) is 0 Å². The van der Waals surface area contributed by atoms with Crippen molar-refractivity contribution < 1.29 is 0 Å². The Bertz CT molecular complexity index is 494. The van der Waals surface area contributed by atoms with Crippen LogP contribution in [0.1, 0.15) is 18.1 Å². The van der Waals surface area contributed by atoms with E-state index in [0.717, 1.165) is 13.0 Å². The van der Waals surface area contributed by atoms with Gasteiger partial charge in [-0.15, -0.1) is 0 Å². The number of nitrogens with two attached hydrogens (primary N) is 1. The minimum atomic E-state index is 0.491. The van der Waals surface area contributed by atoms with Gasteiger partial charge >= 0.3 is 0 Å². The summed E-state index contributed by atoms with van der Waals surface area (Å²) in [7, 11) is 0. The third-order valence-electron chi connectivity index (χ3n) is 3.30. The zero-order chi connectivity index (χ0) is 13.5. The SMILES string of the molecule is CC(CN)CNc1ccccc1Cc1ccccc1. The lowest BCUT2D eigenvalue weighted by Gasteiger charge is -2.15. The van der Waals surface area contributed by atoms with Crippen LogP contribution in [0, 0.1) is 5.92 Å². The summed E-state index contributed by atoms with van der Waals surface area (Å²) in [6.45, 7) is 3.79. The summed E-state index contributed by atoms with van der Waals surface area (Å²) in [4.78, 5) is 0. The minimum absolute atomic E-state index is 0.491. The first-order valence-electron chi connectivity index (χ1n) is 6.85. The van der Waals surface area contributed by atoms with Crippen LogP contribution in [0.2, 0.25) is 0 Å². The third-order valence-corrected chi connectivity index (χ3v) is 3.30. The number of benzene rings is 2. The summed E-state index contributed by atoms with van der Waals surface area (Å²) < 4.78 is 0. The molecule has 0 aromatic heterocycles. The number of rotatable bonds is 6. The molecule has 0 aliphatic carbocycles. The van der Waals surface area contributed by atoms with E-state index in [9.17, 15) is 0 Å². The van der Waals surface area contributed by atoms with Crippen molar-refractivity contribution in [1.82, 2.24) is 0 Å². The molecule has 0 saturated carbocycles. The van der Waals surface area contributed by atoms with E-state index in [0.29, 0.717) is 12.5 Å². The molecule has 1 atom stereocenters. The molecule has 2 rings (SSSR count). The van der Waals surface area contributed by atoms with Gasteiger partial charge in [-0.2, -0.15) is 0 Å². The van der Waals surface area contributed by atoms with Crippen molar-refractivity contribution >= 4 is 5.69 Å². The van der Waals surface area contributed by atoms with Crippen LogP contribution < -0.4 is 11.1 Å². The number of anilines is 1. The fraction of sp³-hybridized carbons (Fsp3) is 0.294. The average Bonchev–Trinajstić information content (AvgIpc) is 2.47. The van der Waals surface area contributed by atoms with Crippen molar-refractivity contribution in [2.24, 2.45) is 11.7 Å². The summed E-state index contributed by atoms with van der Waals surface area (Å²) in [5.74, 6) is 0.491. The normalized spacial score (nSPS) is 12.1. The zero-order valence-electron chi connectivity index (χ0n) is 11.5. The molecule has 19 heavy (non-hydrogen) atoms. The van der Waals surface area contributed by atoms with Gasteiger partial charge in [-0.25, -0.2) is 0 Å². The molecule has 1 unspecified atom stereocenters. The van der Waals surface area contributed by atoms with E-state index in [1.54, 1.807) is 0 Å². The molecule has 0 saturated heterocycles. The van der Waals surface area contributed by atoms with Crippen LogP contribution in [0.25, 0.3) is 0 Å². The van der Waals surface area contributed by atoms with Crippen LogP contribution in [-0.4, -0.2) is 13.1 Å². The summed E-state index contributed by atoms with van der Waals surface area (Å²) in [6, 6.07) is 19.0. The molecular formula is C17H22N2. The first kappa shape index (κ1) is 13.6. The Labute approximate surface area is 115 Å². The van der Waals surface area contributed by atoms with E-state index in [1.807, 2.05) is 0 Å². The average molecular weight is 254 g/mol. The Morgan fingerprint density at radius 3 is 2.42 bits per heavy atom. The highest BCUT2D eigenvalue weighted by Gasteiger charge is 2.04. The topological polar surface area (TPSA) is 38.0 Å². The molecule has 0 aliphatic heterocycles. The van der Waals surface area contributed by atoms with Gasteiger partial charge in [-0.3, -0.25) is 0 Å². The fourth-order valence-corrected chi connectivity index (χ4v) is 2.03. The first-order chi connectivity index (χ1) is 9.29. The molecule has 3 N–H and O–H groups in total. The second-order valence-electron chi connectivity index (χ2n) is 5.04. The predicted octanol–water partition coefficient (Wildman–Crippen LogP) is 3.28. The molecule has 100 valence electrons. The zero-order valence-corrected chi connectivity index (χ0v) is 11.5. The summed E-state index contributed by atoms with van der Waals surface area (Å²) in [5.41, 5.74) is 9.54. The van der Waals surface area contributed by atoms with Crippen molar-refractivity contribution in [3.63, 3.8) is 0 Å². The first-order valence-corrected chi connectivity index (χ1v) is 6.85. The van der Waals surface area contributed by atoms with Crippen LogP contribution in [0.4, 0.5) is 5.69 Å². The molecule has 2 aromatic rings. The van der Waals surface area contributed by atoms with Crippen molar-refractivity contribution in [2.75, 3.05) is 18.4 Å². The fourth-order valence-electron chi connectivity index (χ4n) is 2.03. The van der Waals surface area contributed by atoms with Crippen LogP contribution in [0.5, 0.6) is 0 Å². The highest BCUT2D eigenvalue weighted by atomic mass is 14.9. The molecule has 2 heteroatoms. The van der Waals surface area contributed by atoms with Crippen molar-refractivity contribution in [3.8, 4) is 0 Å².